The van der Waals surface area contributed by atoms with Gasteiger partial charge in [-0.3, -0.25) is 4.79 Å². The van der Waals surface area contributed by atoms with Crippen LogP contribution in [-0.4, -0.2) is 30.5 Å². The summed E-state index contributed by atoms with van der Waals surface area (Å²) in [4.78, 5) is 15.4. The molecule has 3 rings (SSSR count). The van der Waals surface area contributed by atoms with E-state index in [1.54, 1.807) is 11.3 Å². The van der Waals surface area contributed by atoms with E-state index in [0.717, 1.165) is 10.4 Å². The molecule has 1 saturated heterocycles. The van der Waals surface area contributed by atoms with Gasteiger partial charge in [0.1, 0.15) is 6.10 Å². The van der Waals surface area contributed by atoms with E-state index in [4.69, 9.17) is 4.74 Å². The minimum absolute atomic E-state index is 0.00774. The van der Waals surface area contributed by atoms with E-state index in [1.165, 1.54) is 5.56 Å². The van der Waals surface area contributed by atoms with Crippen LogP contribution in [0.3, 0.4) is 0 Å². The fraction of sp³-hybridized carbons (Fsp3) is 0.353. The number of ether oxygens (including phenoxy) is 1. The molecule has 1 aliphatic heterocycles. The second-order valence-electron chi connectivity index (χ2n) is 5.37. The van der Waals surface area contributed by atoms with Crippen LogP contribution in [-0.2, 0) is 16.0 Å². The number of benzene rings is 1. The third-order valence-electron chi connectivity index (χ3n) is 3.77. The summed E-state index contributed by atoms with van der Waals surface area (Å²) in [7, 11) is 0. The number of thiophene rings is 1. The van der Waals surface area contributed by atoms with Crippen LogP contribution in [0.2, 0.25) is 0 Å². The first-order valence-corrected chi connectivity index (χ1v) is 8.08. The quantitative estimate of drug-likeness (QED) is 0.871. The molecule has 21 heavy (non-hydrogen) atoms. The minimum atomic E-state index is -0.00774. The first kappa shape index (κ1) is 14.3. The molecule has 0 bridgehead atoms. The molecule has 0 radical (unpaired) electrons. The number of amides is 1. The molecular weight excluding hydrogens is 282 g/mol. The van der Waals surface area contributed by atoms with Crippen molar-refractivity contribution in [2.24, 2.45) is 0 Å². The van der Waals surface area contributed by atoms with Crippen molar-refractivity contribution in [3.05, 3.63) is 57.8 Å². The van der Waals surface area contributed by atoms with Gasteiger partial charge in [-0.1, -0.05) is 35.9 Å². The van der Waals surface area contributed by atoms with Crippen molar-refractivity contribution in [1.29, 1.82) is 0 Å². The largest absolute Gasteiger partial charge is 0.370 e. The Labute approximate surface area is 129 Å². The lowest BCUT2D eigenvalue weighted by atomic mass is 10.1. The molecule has 0 spiro atoms. The maximum absolute atomic E-state index is 12.4. The highest BCUT2D eigenvalue weighted by molar-refractivity contribution is 7.10. The number of hydrogen-bond donors (Lipinski definition) is 0. The van der Waals surface area contributed by atoms with Crippen LogP contribution in [0.1, 0.15) is 22.1 Å². The summed E-state index contributed by atoms with van der Waals surface area (Å²) in [6, 6.07) is 12.4. The van der Waals surface area contributed by atoms with Gasteiger partial charge in [-0.05, 0) is 23.9 Å². The van der Waals surface area contributed by atoms with Gasteiger partial charge in [0.25, 0.3) is 0 Å². The highest BCUT2D eigenvalue weighted by atomic mass is 32.1. The summed E-state index contributed by atoms with van der Waals surface area (Å²) in [6.45, 7) is 4.01. The van der Waals surface area contributed by atoms with Crippen molar-refractivity contribution in [3.8, 4) is 0 Å². The standard InChI is InChI=1S/C17H19NO2S/c1-13-4-6-14(7-5-13)16-12-18(8-9-20-16)17(19)11-15-3-2-10-21-15/h2-7,10,16H,8-9,11-12H2,1H3. The van der Waals surface area contributed by atoms with Crippen molar-refractivity contribution in [1.82, 2.24) is 4.90 Å². The molecule has 1 amide bonds. The van der Waals surface area contributed by atoms with Gasteiger partial charge < -0.3 is 9.64 Å². The van der Waals surface area contributed by atoms with E-state index in [2.05, 4.69) is 31.2 Å². The van der Waals surface area contributed by atoms with Crippen LogP contribution in [0.25, 0.3) is 0 Å². The normalized spacial score (nSPS) is 18.7. The van der Waals surface area contributed by atoms with Crippen molar-refractivity contribution in [2.45, 2.75) is 19.4 Å². The van der Waals surface area contributed by atoms with Crippen molar-refractivity contribution in [2.75, 3.05) is 19.7 Å². The summed E-state index contributed by atoms with van der Waals surface area (Å²) < 4.78 is 5.83. The van der Waals surface area contributed by atoms with Gasteiger partial charge in [-0.2, -0.15) is 0 Å². The van der Waals surface area contributed by atoms with Crippen LogP contribution >= 0.6 is 11.3 Å². The second-order valence-corrected chi connectivity index (χ2v) is 6.40. The fourth-order valence-electron chi connectivity index (χ4n) is 2.53. The van der Waals surface area contributed by atoms with Gasteiger partial charge in [0, 0.05) is 11.4 Å². The number of aryl methyl sites for hydroxylation is 1. The van der Waals surface area contributed by atoms with E-state index >= 15 is 0 Å². The molecule has 2 aromatic rings. The van der Waals surface area contributed by atoms with E-state index in [9.17, 15) is 4.79 Å². The first-order valence-electron chi connectivity index (χ1n) is 7.21. The molecule has 1 atom stereocenters. The molecule has 1 aliphatic rings. The molecule has 0 N–H and O–H groups in total. The maximum Gasteiger partial charge on any atom is 0.228 e. The van der Waals surface area contributed by atoms with Gasteiger partial charge in [-0.25, -0.2) is 0 Å². The van der Waals surface area contributed by atoms with Crippen molar-refractivity contribution < 1.29 is 9.53 Å². The lowest BCUT2D eigenvalue weighted by molar-refractivity contribution is -0.138. The number of nitrogens with zero attached hydrogens (tertiary/aromatic N) is 1. The van der Waals surface area contributed by atoms with Crippen LogP contribution in [0.5, 0.6) is 0 Å². The number of carbonyl (C=O) groups is 1. The molecule has 0 aliphatic carbocycles. The predicted octanol–water partition coefficient (Wildman–Crippen LogP) is 3.20. The molecule has 4 heteroatoms. The summed E-state index contributed by atoms with van der Waals surface area (Å²) in [5.41, 5.74) is 2.38. The van der Waals surface area contributed by atoms with E-state index < -0.39 is 0 Å². The average molecular weight is 301 g/mol. The van der Waals surface area contributed by atoms with Crippen molar-refractivity contribution in [3.63, 3.8) is 0 Å². The SMILES string of the molecule is Cc1ccc(C2CN(C(=O)Cc3cccs3)CCO2)cc1. The lowest BCUT2D eigenvalue weighted by Crippen LogP contribution is -2.42. The number of rotatable bonds is 3. The molecular formula is C17H19NO2S. The zero-order valence-electron chi connectivity index (χ0n) is 12.1. The summed E-state index contributed by atoms with van der Waals surface area (Å²) in [5, 5.41) is 2.01. The summed E-state index contributed by atoms with van der Waals surface area (Å²) in [6.07, 6.45) is 0.491. The zero-order chi connectivity index (χ0) is 14.7. The Kier molecular flexibility index (Phi) is 4.36. The summed E-state index contributed by atoms with van der Waals surface area (Å²) in [5.74, 6) is 0.192. The minimum Gasteiger partial charge on any atom is -0.370 e. The maximum atomic E-state index is 12.4. The van der Waals surface area contributed by atoms with E-state index in [-0.39, 0.29) is 12.0 Å². The van der Waals surface area contributed by atoms with Crippen LogP contribution in [0.15, 0.2) is 41.8 Å². The molecule has 0 saturated carbocycles. The molecule has 3 nitrogen and oxygen atoms in total. The molecule has 1 fully saturated rings. The Balaban J connectivity index is 1.65. The van der Waals surface area contributed by atoms with Gasteiger partial charge in [0.05, 0.1) is 19.6 Å². The molecule has 110 valence electrons. The lowest BCUT2D eigenvalue weighted by Gasteiger charge is -2.33. The molecule has 1 unspecified atom stereocenters. The molecule has 2 heterocycles. The van der Waals surface area contributed by atoms with Crippen LogP contribution in [0.4, 0.5) is 0 Å². The third kappa shape index (κ3) is 3.52. The monoisotopic (exact) mass is 301 g/mol. The Morgan fingerprint density at radius 3 is 2.86 bits per heavy atom. The van der Waals surface area contributed by atoms with Gasteiger partial charge in [-0.15, -0.1) is 11.3 Å². The van der Waals surface area contributed by atoms with Crippen molar-refractivity contribution >= 4 is 17.2 Å². The van der Waals surface area contributed by atoms with Crippen LogP contribution in [0, 0.1) is 6.92 Å². The Morgan fingerprint density at radius 1 is 1.33 bits per heavy atom. The highest BCUT2D eigenvalue weighted by Crippen LogP contribution is 2.23. The van der Waals surface area contributed by atoms with Gasteiger partial charge >= 0.3 is 0 Å². The third-order valence-corrected chi connectivity index (χ3v) is 4.65. The predicted molar refractivity (Wildman–Crippen MR) is 84.5 cm³/mol. The Hall–Kier alpha value is -1.65. The molecule has 1 aromatic carbocycles. The smallest absolute Gasteiger partial charge is 0.228 e. The first-order chi connectivity index (χ1) is 10.2. The van der Waals surface area contributed by atoms with Crippen LogP contribution < -0.4 is 0 Å². The highest BCUT2D eigenvalue weighted by Gasteiger charge is 2.25. The zero-order valence-corrected chi connectivity index (χ0v) is 12.9. The number of morpholine rings is 1. The van der Waals surface area contributed by atoms with Gasteiger partial charge in [0.2, 0.25) is 5.91 Å². The topological polar surface area (TPSA) is 29.5 Å². The second kappa shape index (κ2) is 6.41. The van der Waals surface area contributed by atoms with Gasteiger partial charge in [0.15, 0.2) is 0 Å². The van der Waals surface area contributed by atoms with E-state index in [1.807, 2.05) is 22.4 Å². The Bertz CT molecular complexity index is 592. The molecule has 1 aromatic heterocycles. The number of hydrogen-bond acceptors (Lipinski definition) is 3. The Morgan fingerprint density at radius 2 is 2.14 bits per heavy atom. The van der Waals surface area contributed by atoms with E-state index in [0.29, 0.717) is 26.1 Å². The average Bonchev–Trinajstić information content (AvgIpc) is 3.01. The summed E-state index contributed by atoms with van der Waals surface area (Å²) >= 11 is 1.64. The number of carbonyl (C=O) groups excluding carboxylic acids is 1. The fourth-order valence-corrected chi connectivity index (χ4v) is 3.23.